The second kappa shape index (κ2) is 9.45. The molecule has 0 bridgehead atoms. The van der Waals surface area contributed by atoms with Gasteiger partial charge in [0.05, 0.1) is 28.2 Å². The number of amides is 1. The summed E-state index contributed by atoms with van der Waals surface area (Å²) in [5.74, 6) is -0.186. The molecule has 1 aliphatic heterocycles. The van der Waals surface area contributed by atoms with Gasteiger partial charge in [-0.15, -0.1) is 0 Å². The molecule has 0 saturated carbocycles. The van der Waals surface area contributed by atoms with Gasteiger partial charge < -0.3 is 9.64 Å². The Morgan fingerprint density at radius 2 is 1.72 bits per heavy atom. The third-order valence-corrected chi connectivity index (χ3v) is 7.39. The summed E-state index contributed by atoms with van der Waals surface area (Å²) in [6.07, 6.45) is 0. The maximum absolute atomic E-state index is 12.9. The van der Waals surface area contributed by atoms with E-state index in [0.29, 0.717) is 55.0 Å². The third-order valence-electron chi connectivity index (χ3n) is 4.74. The first kappa shape index (κ1) is 22.1. The molecule has 3 rings (SSSR count). The summed E-state index contributed by atoms with van der Waals surface area (Å²) in [5, 5.41) is 0.896. The number of carbonyl (C=O) groups is 1. The van der Waals surface area contributed by atoms with Gasteiger partial charge in [-0.3, -0.25) is 4.79 Å². The van der Waals surface area contributed by atoms with Crippen LogP contribution < -0.4 is 0 Å². The topological polar surface area (TPSA) is 66.9 Å². The summed E-state index contributed by atoms with van der Waals surface area (Å²) in [6, 6.07) is 11.3. The molecular formula is C20H22Cl2N2O4S. The van der Waals surface area contributed by atoms with Crippen molar-refractivity contribution in [2.75, 3.05) is 32.8 Å². The largest absolute Gasteiger partial charge is 0.379 e. The van der Waals surface area contributed by atoms with Gasteiger partial charge in [0.25, 0.3) is 5.91 Å². The van der Waals surface area contributed by atoms with Crippen molar-refractivity contribution in [3.8, 4) is 0 Å². The molecule has 1 aliphatic rings. The van der Waals surface area contributed by atoms with Gasteiger partial charge in [0, 0.05) is 31.7 Å². The minimum atomic E-state index is -3.59. The molecular weight excluding hydrogens is 435 g/mol. The van der Waals surface area contributed by atoms with Gasteiger partial charge >= 0.3 is 0 Å². The molecule has 1 amide bonds. The van der Waals surface area contributed by atoms with Crippen molar-refractivity contribution in [3.63, 3.8) is 0 Å². The normalized spacial score (nSPS) is 15.3. The van der Waals surface area contributed by atoms with Crippen molar-refractivity contribution < 1.29 is 17.9 Å². The van der Waals surface area contributed by atoms with Crippen molar-refractivity contribution in [3.05, 3.63) is 63.6 Å². The van der Waals surface area contributed by atoms with Crippen LogP contribution in [0.3, 0.4) is 0 Å². The van der Waals surface area contributed by atoms with Crippen molar-refractivity contribution in [2.24, 2.45) is 0 Å². The molecule has 9 heteroatoms. The molecule has 0 spiro atoms. The van der Waals surface area contributed by atoms with Crippen LogP contribution in [0.1, 0.15) is 22.8 Å². The monoisotopic (exact) mass is 456 g/mol. The fourth-order valence-corrected chi connectivity index (χ4v) is 4.80. The quantitative estimate of drug-likeness (QED) is 0.664. The highest BCUT2D eigenvalue weighted by Gasteiger charge is 2.26. The summed E-state index contributed by atoms with van der Waals surface area (Å²) < 4.78 is 32.0. The maximum atomic E-state index is 12.9. The van der Waals surface area contributed by atoms with Crippen LogP contribution in [-0.2, 0) is 21.3 Å². The lowest BCUT2D eigenvalue weighted by molar-refractivity contribution is 0.0730. The minimum Gasteiger partial charge on any atom is -0.379 e. The minimum absolute atomic E-state index is 0.170. The SMILES string of the molecule is CCN(Cc1ccc(Cl)c(Cl)c1)C(=O)c1ccc(S(=O)(=O)N2CCOCC2)cc1. The maximum Gasteiger partial charge on any atom is 0.254 e. The smallest absolute Gasteiger partial charge is 0.254 e. The first-order valence-corrected chi connectivity index (χ1v) is 11.4. The molecule has 29 heavy (non-hydrogen) atoms. The Labute approximate surface area is 181 Å². The predicted octanol–water partition coefficient (Wildman–Crippen LogP) is 3.68. The molecule has 0 N–H and O–H groups in total. The van der Waals surface area contributed by atoms with Crippen LogP contribution in [0, 0.1) is 0 Å². The number of carbonyl (C=O) groups excluding carboxylic acids is 1. The lowest BCUT2D eigenvalue weighted by atomic mass is 10.1. The van der Waals surface area contributed by atoms with Crippen LogP contribution in [0.5, 0.6) is 0 Å². The summed E-state index contributed by atoms with van der Waals surface area (Å²) in [7, 11) is -3.59. The summed E-state index contributed by atoms with van der Waals surface area (Å²) in [5.41, 5.74) is 1.29. The predicted molar refractivity (Wildman–Crippen MR) is 113 cm³/mol. The Kier molecular flexibility index (Phi) is 7.19. The second-order valence-electron chi connectivity index (χ2n) is 6.61. The summed E-state index contributed by atoms with van der Waals surface area (Å²) in [4.78, 5) is 14.7. The number of hydrogen-bond donors (Lipinski definition) is 0. The van der Waals surface area contributed by atoms with E-state index >= 15 is 0 Å². The van der Waals surface area contributed by atoms with Crippen LogP contribution >= 0.6 is 23.2 Å². The van der Waals surface area contributed by atoms with Gasteiger partial charge in [0.15, 0.2) is 0 Å². The van der Waals surface area contributed by atoms with E-state index < -0.39 is 10.0 Å². The number of ether oxygens (including phenoxy) is 1. The Balaban J connectivity index is 1.75. The van der Waals surface area contributed by atoms with Crippen molar-refractivity contribution >= 4 is 39.1 Å². The Morgan fingerprint density at radius 3 is 2.31 bits per heavy atom. The molecule has 1 heterocycles. The Bertz CT molecular complexity index is 974. The van der Waals surface area contributed by atoms with Gasteiger partial charge in [-0.2, -0.15) is 4.31 Å². The molecule has 2 aromatic carbocycles. The van der Waals surface area contributed by atoms with Crippen LogP contribution in [0.25, 0.3) is 0 Å². The molecule has 0 aliphatic carbocycles. The van der Waals surface area contributed by atoms with E-state index in [1.807, 2.05) is 13.0 Å². The zero-order chi connectivity index (χ0) is 21.0. The molecule has 2 aromatic rings. The van der Waals surface area contributed by atoms with Crippen LogP contribution in [0.4, 0.5) is 0 Å². The first-order chi connectivity index (χ1) is 13.8. The van der Waals surface area contributed by atoms with Crippen molar-refractivity contribution in [2.45, 2.75) is 18.4 Å². The lowest BCUT2D eigenvalue weighted by Crippen LogP contribution is -2.40. The molecule has 0 unspecified atom stereocenters. The van der Waals surface area contributed by atoms with Gasteiger partial charge in [-0.1, -0.05) is 29.3 Å². The summed E-state index contributed by atoms with van der Waals surface area (Å²) in [6.45, 7) is 4.18. The number of rotatable bonds is 6. The average molecular weight is 457 g/mol. The third kappa shape index (κ3) is 5.10. The molecule has 1 saturated heterocycles. The standard InChI is InChI=1S/C20H22Cl2N2O4S/c1-2-23(14-15-3-8-18(21)19(22)13-15)20(25)16-4-6-17(7-5-16)29(26,27)24-9-11-28-12-10-24/h3-8,13H,2,9-12,14H2,1H3. The van der Waals surface area contributed by atoms with E-state index in [4.69, 9.17) is 27.9 Å². The Morgan fingerprint density at radius 1 is 1.07 bits per heavy atom. The average Bonchev–Trinajstić information content (AvgIpc) is 2.74. The zero-order valence-corrected chi connectivity index (χ0v) is 18.3. The number of nitrogens with zero attached hydrogens (tertiary/aromatic N) is 2. The number of halogens is 2. The number of sulfonamides is 1. The molecule has 156 valence electrons. The van der Waals surface area contributed by atoms with Gasteiger partial charge in [0.1, 0.15) is 0 Å². The van der Waals surface area contributed by atoms with Gasteiger partial charge in [-0.25, -0.2) is 8.42 Å². The highest BCUT2D eigenvalue weighted by Crippen LogP contribution is 2.24. The van der Waals surface area contributed by atoms with E-state index in [-0.39, 0.29) is 10.8 Å². The fourth-order valence-electron chi connectivity index (χ4n) is 3.07. The summed E-state index contributed by atoms with van der Waals surface area (Å²) >= 11 is 12.0. The number of hydrogen-bond acceptors (Lipinski definition) is 4. The second-order valence-corrected chi connectivity index (χ2v) is 9.36. The molecule has 1 fully saturated rings. The number of morpholine rings is 1. The Hall–Kier alpha value is -1.64. The van der Waals surface area contributed by atoms with Crippen LogP contribution in [0.15, 0.2) is 47.4 Å². The van der Waals surface area contributed by atoms with Crippen LogP contribution in [-0.4, -0.2) is 56.4 Å². The van der Waals surface area contributed by atoms with Gasteiger partial charge in [-0.05, 0) is 48.9 Å². The first-order valence-electron chi connectivity index (χ1n) is 9.24. The molecule has 0 atom stereocenters. The molecule has 0 radical (unpaired) electrons. The molecule has 0 aromatic heterocycles. The molecule has 6 nitrogen and oxygen atoms in total. The van der Waals surface area contributed by atoms with E-state index in [9.17, 15) is 13.2 Å². The van der Waals surface area contributed by atoms with E-state index in [1.54, 1.807) is 29.2 Å². The highest BCUT2D eigenvalue weighted by molar-refractivity contribution is 7.89. The zero-order valence-electron chi connectivity index (χ0n) is 16.0. The lowest BCUT2D eigenvalue weighted by Gasteiger charge is -2.26. The van der Waals surface area contributed by atoms with Crippen molar-refractivity contribution in [1.29, 1.82) is 0 Å². The van der Waals surface area contributed by atoms with E-state index in [2.05, 4.69) is 0 Å². The van der Waals surface area contributed by atoms with E-state index in [0.717, 1.165) is 5.56 Å². The van der Waals surface area contributed by atoms with Crippen LogP contribution in [0.2, 0.25) is 10.0 Å². The fraction of sp³-hybridized carbons (Fsp3) is 0.350. The highest BCUT2D eigenvalue weighted by atomic mass is 35.5. The van der Waals surface area contributed by atoms with Gasteiger partial charge in [0.2, 0.25) is 10.0 Å². The number of benzene rings is 2. The van der Waals surface area contributed by atoms with E-state index in [1.165, 1.54) is 16.4 Å². The van der Waals surface area contributed by atoms with Crippen molar-refractivity contribution in [1.82, 2.24) is 9.21 Å².